The molecule has 4 saturated carbocycles. The fourth-order valence-electron chi connectivity index (χ4n) is 11.3. The average molecular weight is 578 g/mol. The molecular weight excluding hydrogens is 542 g/mol. The van der Waals surface area contributed by atoms with Crippen molar-refractivity contribution in [1.29, 1.82) is 0 Å². The number of aromatic nitrogens is 1. The third-order valence-corrected chi connectivity index (χ3v) is 12.6. The molecular formula is C44H35N. The number of aromatic amines is 1. The molecule has 1 nitrogen and oxygen atoms in total. The predicted octanol–water partition coefficient (Wildman–Crippen LogP) is 11.5. The third kappa shape index (κ3) is 3.09. The van der Waals surface area contributed by atoms with Crippen molar-refractivity contribution in [2.24, 2.45) is 23.7 Å². The summed E-state index contributed by atoms with van der Waals surface area (Å²) in [6.07, 6.45) is 9.25. The monoisotopic (exact) mass is 577 g/mol. The quantitative estimate of drug-likeness (QED) is 0.197. The highest BCUT2D eigenvalue weighted by Crippen LogP contribution is 2.69. The van der Waals surface area contributed by atoms with Crippen LogP contribution in [0, 0.1) is 23.7 Å². The van der Waals surface area contributed by atoms with E-state index in [2.05, 4.69) is 126 Å². The first-order chi connectivity index (χ1) is 22.3. The minimum absolute atomic E-state index is 0.209. The highest BCUT2D eigenvalue weighted by molar-refractivity contribution is 6.23. The molecule has 0 aliphatic heterocycles. The van der Waals surface area contributed by atoms with E-state index in [1.807, 2.05) is 0 Å². The summed E-state index contributed by atoms with van der Waals surface area (Å²) in [7, 11) is 0. The largest absolute Gasteiger partial charge is 0.361 e. The molecule has 1 N–H and O–H groups in total. The van der Waals surface area contributed by atoms with E-state index in [4.69, 9.17) is 0 Å². The highest BCUT2D eigenvalue weighted by Gasteiger charge is 2.61. The minimum Gasteiger partial charge on any atom is -0.361 e. The molecule has 5 aliphatic carbocycles. The molecule has 0 radical (unpaired) electrons. The van der Waals surface area contributed by atoms with Gasteiger partial charge in [0.1, 0.15) is 0 Å². The van der Waals surface area contributed by atoms with E-state index >= 15 is 0 Å². The van der Waals surface area contributed by atoms with Gasteiger partial charge in [-0.1, -0.05) is 103 Å². The van der Waals surface area contributed by atoms with Gasteiger partial charge in [0.05, 0.1) is 5.52 Å². The molecule has 45 heavy (non-hydrogen) atoms. The molecule has 0 atom stereocenters. The van der Waals surface area contributed by atoms with Crippen LogP contribution in [0.4, 0.5) is 0 Å². The lowest BCUT2D eigenvalue weighted by atomic mass is 9.43. The van der Waals surface area contributed by atoms with Gasteiger partial charge in [0, 0.05) is 17.2 Å². The highest BCUT2D eigenvalue weighted by atomic mass is 14.7. The van der Waals surface area contributed by atoms with E-state index in [0.29, 0.717) is 0 Å². The number of hydrogen-bond donors (Lipinski definition) is 1. The van der Waals surface area contributed by atoms with Crippen molar-refractivity contribution in [3.63, 3.8) is 0 Å². The SMILES string of the molecule is c1ccc2c(c1)-c1cc(-c3c4ccccc4c(-c4cccc5cc[nH]c45)c4ccccc34)ccc1C21C2CC3CC(C2)CC1C3. The van der Waals surface area contributed by atoms with Gasteiger partial charge in [-0.25, -0.2) is 0 Å². The molecule has 1 heterocycles. The van der Waals surface area contributed by atoms with Gasteiger partial charge in [-0.15, -0.1) is 0 Å². The molecule has 7 aromatic rings. The van der Waals surface area contributed by atoms with E-state index < -0.39 is 0 Å². The van der Waals surface area contributed by atoms with Gasteiger partial charge in [0.25, 0.3) is 0 Å². The Bertz CT molecular complexity index is 2270. The Morgan fingerprint density at radius 1 is 0.489 bits per heavy atom. The molecule has 0 amide bonds. The molecule has 5 aliphatic rings. The molecule has 4 fully saturated rings. The summed E-state index contributed by atoms with van der Waals surface area (Å²) in [6.45, 7) is 0. The van der Waals surface area contributed by atoms with E-state index in [0.717, 1.165) is 23.7 Å². The van der Waals surface area contributed by atoms with Crippen molar-refractivity contribution >= 4 is 32.4 Å². The maximum Gasteiger partial charge on any atom is 0.0534 e. The van der Waals surface area contributed by atoms with Crippen LogP contribution < -0.4 is 0 Å². The maximum absolute atomic E-state index is 3.55. The third-order valence-electron chi connectivity index (χ3n) is 12.6. The number of fused-ring (bicyclic) bond motifs is 6. The zero-order valence-electron chi connectivity index (χ0n) is 25.4. The molecule has 216 valence electrons. The van der Waals surface area contributed by atoms with E-state index in [-0.39, 0.29) is 5.41 Å². The van der Waals surface area contributed by atoms with E-state index in [9.17, 15) is 0 Å². The van der Waals surface area contributed by atoms with Crippen molar-refractivity contribution in [2.45, 2.75) is 37.5 Å². The van der Waals surface area contributed by atoms with Crippen LogP contribution in [0.1, 0.15) is 43.2 Å². The molecule has 0 saturated heterocycles. The minimum atomic E-state index is 0.209. The number of H-pyrrole nitrogens is 1. The summed E-state index contributed by atoms with van der Waals surface area (Å²) in [5, 5.41) is 6.52. The predicted molar refractivity (Wildman–Crippen MR) is 187 cm³/mol. The van der Waals surface area contributed by atoms with Crippen LogP contribution in [0.15, 0.2) is 121 Å². The molecule has 0 unspecified atom stereocenters. The Morgan fingerprint density at radius 2 is 1.09 bits per heavy atom. The zero-order valence-corrected chi connectivity index (χ0v) is 25.4. The van der Waals surface area contributed by atoms with Crippen LogP contribution in [0.5, 0.6) is 0 Å². The average Bonchev–Trinajstić information content (AvgIpc) is 3.67. The van der Waals surface area contributed by atoms with Gasteiger partial charge in [0.2, 0.25) is 0 Å². The van der Waals surface area contributed by atoms with Crippen LogP contribution in [-0.4, -0.2) is 4.98 Å². The van der Waals surface area contributed by atoms with Crippen LogP contribution in [-0.2, 0) is 5.41 Å². The Hall–Kier alpha value is -4.62. The lowest BCUT2D eigenvalue weighted by Crippen LogP contribution is -2.55. The van der Waals surface area contributed by atoms with Crippen LogP contribution >= 0.6 is 0 Å². The maximum atomic E-state index is 3.55. The number of para-hydroxylation sites is 1. The Morgan fingerprint density at radius 3 is 1.80 bits per heavy atom. The second kappa shape index (κ2) is 8.76. The lowest BCUT2D eigenvalue weighted by molar-refractivity contribution is -0.0399. The van der Waals surface area contributed by atoms with Crippen molar-refractivity contribution in [1.82, 2.24) is 4.98 Å². The van der Waals surface area contributed by atoms with Crippen LogP contribution in [0.2, 0.25) is 0 Å². The van der Waals surface area contributed by atoms with Crippen LogP contribution in [0.3, 0.4) is 0 Å². The fraction of sp³-hybridized carbons (Fsp3) is 0.227. The molecule has 4 bridgehead atoms. The van der Waals surface area contributed by atoms with Crippen molar-refractivity contribution in [3.05, 3.63) is 133 Å². The first kappa shape index (κ1) is 24.7. The van der Waals surface area contributed by atoms with Gasteiger partial charge in [-0.3, -0.25) is 0 Å². The van der Waals surface area contributed by atoms with Crippen molar-refractivity contribution in [2.75, 3.05) is 0 Å². The normalized spacial score (nSPS) is 25.9. The summed E-state index contributed by atoms with van der Waals surface area (Å²) in [6, 6.07) is 44.2. The molecule has 1 aromatic heterocycles. The van der Waals surface area contributed by atoms with Crippen molar-refractivity contribution < 1.29 is 0 Å². The first-order valence-electron chi connectivity index (χ1n) is 17.0. The number of rotatable bonds is 2. The second-order valence-electron chi connectivity index (χ2n) is 14.6. The summed E-state index contributed by atoms with van der Waals surface area (Å²) in [5.74, 6) is 3.50. The summed E-state index contributed by atoms with van der Waals surface area (Å²) < 4.78 is 0. The second-order valence-corrected chi connectivity index (χ2v) is 14.6. The zero-order chi connectivity index (χ0) is 29.3. The number of benzene rings is 6. The van der Waals surface area contributed by atoms with Crippen LogP contribution in [0.25, 0.3) is 65.8 Å². The lowest BCUT2D eigenvalue weighted by Gasteiger charge is -2.61. The smallest absolute Gasteiger partial charge is 0.0534 e. The Labute approximate surface area is 263 Å². The van der Waals surface area contributed by atoms with Gasteiger partial charge < -0.3 is 4.98 Å². The van der Waals surface area contributed by atoms with Crippen molar-refractivity contribution in [3.8, 4) is 33.4 Å². The number of hydrogen-bond acceptors (Lipinski definition) is 0. The molecule has 1 heteroatoms. The topological polar surface area (TPSA) is 15.8 Å². The summed E-state index contributed by atoms with van der Waals surface area (Å²) in [5.41, 5.74) is 12.9. The van der Waals surface area contributed by atoms with E-state index in [1.165, 1.54) is 97.9 Å². The standard InChI is InChI=1S/C44H35N/c1-3-12-35-33(10-1)41(34-11-2-4-13-36(34)42(35)37-14-7-8-28-18-19-45-43(28)37)29-16-17-40-38(25-29)32-9-5-6-15-39(32)44(40)30-21-26-20-27(23-30)24-31(44)22-26/h1-19,25-27,30-31,45H,20-24H2. The molecule has 12 rings (SSSR count). The molecule has 6 aromatic carbocycles. The van der Waals surface area contributed by atoms with Gasteiger partial charge in [0.15, 0.2) is 0 Å². The van der Waals surface area contributed by atoms with Gasteiger partial charge >= 0.3 is 0 Å². The molecule has 1 spiro atoms. The van der Waals surface area contributed by atoms with E-state index in [1.54, 1.807) is 11.1 Å². The number of nitrogens with one attached hydrogen (secondary N) is 1. The van der Waals surface area contributed by atoms with Gasteiger partial charge in [-0.2, -0.15) is 0 Å². The first-order valence-corrected chi connectivity index (χ1v) is 17.0. The Balaban J connectivity index is 1.19. The van der Waals surface area contributed by atoms with Gasteiger partial charge in [-0.05, 0) is 134 Å². The summed E-state index contributed by atoms with van der Waals surface area (Å²) in [4.78, 5) is 3.55. The fourth-order valence-corrected chi connectivity index (χ4v) is 11.3. The Kier molecular flexibility index (Phi) is 4.80. The summed E-state index contributed by atoms with van der Waals surface area (Å²) >= 11 is 0.